The van der Waals surface area contributed by atoms with Gasteiger partial charge in [-0.3, -0.25) is 14.4 Å². The van der Waals surface area contributed by atoms with Crippen LogP contribution in [0.4, 0.5) is 0 Å². The van der Waals surface area contributed by atoms with Crippen molar-refractivity contribution in [2.75, 3.05) is 13.2 Å². The highest BCUT2D eigenvalue weighted by Gasteiger charge is 2.19. The number of ether oxygens (including phenoxy) is 3. The molecule has 0 aliphatic carbocycles. The Morgan fingerprint density at radius 3 is 1.00 bits per heavy atom. The Hall–Kier alpha value is -4.97. The zero-order chi connectivity index (χ0) is 47.9. The minimum Gasteiger partial charge on any atom is -0.462 e. The van der Waals surface area contributed by atoms with Gasteiger partial charge in [-0.2, -0.15) is 0 Å². The first-order valence-corrected chi connectivity index (χ1v) is 25.7. The van der Waals surface area contributed by atoms with Crippen LogP contribution < -0.4 is 0 Å². The molecule has 0 fully saturated rings. The van der Waals surface area contributed by atoms with Gasteiger partial charge in [-0.15, -0.1) is 0 Å². The van der Waals surface area contributed by atoms with E-state index in [9.17, 15) is 14.4 Å². The van der Waals surface area contributed by atoms with E-state index < -0.39 is 6.10 Å². The summed E-state index contributed by atoms with van der Waals surface area (Å²) in [7, 11) is 0. The van der Waals surface area contributed by atoms with Gasteiger partial charge in [0.05, 0.1) is 0 Å². The lowest BCUT2D eigenvalue weighted by Crippen LogP contribution is -2.30. The molecule has 1 unspecified atom stereocenters. The Morgan fingerprint density at radius 1 is 0.318 bits per heavy atom. The largest absolute Gasteiger partial charge is 0.462 e. The molecule has 6 nitrogen and oxygen atoms in total. The van der Waals surface area contributed by atoms with Gasteiger partial charge < -0.3 is 14.2 Å². The number of hydrogen-bond acceptors (Lipinski definition) is 6. The number of rotatable bonds is 43. The van der Waals surface area contributed by atoms with E-state index in [0.29, 0.717) is 12.8 Å². The fourth-order valence-corrected chi connectivity index (χ4v) is 6.18. The van der Waals surface area contributed by atoms with Crippen LogP contribution in [-0.4, -0.2) is 37.2 Å². The number of esters is 3. The van der Waals surface area contributed by atoms with Gasteiger partial charge >= 0.3 is 17.9 Å². The second-order valence-electron chi connectivity index (χ2n) is 16.3. The Morgan fingerprint density at radius 2 is 0.606 bits per heavy atom. The third kappa shape index (κ3) is 50.0. The maximum atomic E-state index is 12.8. The monoisotopic (exact) mass is 907 g/mol. The fraction of sp³-hybridized carbons (Fsp3) is 0.517. The lowest BCUT2D eigenvalue weighted by atomic mass is 10.1. The average molecular weight is 907 g/mol. The van der Waals surface area contributed by atoms with Gasteiger partial charge in [-0.05, 0) is 83.5 Å². The Kier molecular flexibility index (Phi) is 48.7. The molecule has 1 atom stereocenters. The lowest BCUT2D eigenvalue weighted by Gasteiger charge is -2.18. The van der Waals surface area contributed by atoms with Crippen molar-refractivity contribution < 1.29 is 28.6 Å². The third-order valence-corrected chi connectivity index (χ3v) is 10.1. The summed E-state index contributed by atoms with van der Waals surface area (Å²) in [6.45, 7) is 6.28. The van der Waals surface area contributed by atoms with E-state index in [1.807, 2.05) is 72.9 Å². The standard InChI is InChI=1S/C60H90O6/c1-4-7-10-13-16-19-22-24-26-28-30-32-33-35-38-41-44-47-50-53-59(62)65-56-57(55-64-58(61)52-49-46-43-40-37-21-18-15-12-9-6-3)66-60(63)54-51-48-45-42-39-36-34-31-29-27-25-23-20-17-14-11-8-5-2/h7,10,13,15-35,37-38,57H,4-6,8-9,11-12,14,36,39-56H2,1-3H3/b10-7-,16-13-,18-15-,20-17-,22-19-,25-23-,26-24-,29-27-,30-28+,33-32-,34-31-,37-21-,38-35-. The predicted molar refractivity (Wildman–Crippen MR) is 283 cm³/mol. The second kappa shape index (κ2) is 52.7. The molecule has 366 valence electrons. The van der Waals surface area contributed by atoms with Crippen molar-refractivity contribution in [2.45, 2.75) is 187 Å². The first-order chi connectivity index (χ1) is 32.5. The van der Waals surface area contributed by atoms with Gasteiger partial charge in [0.2, 0.25) is 0 Å². The zero-order valence-electron chi connectivity index (χ0n) is 41.6. The van der Waals surface area contributed by atoms with E-state index in [4.69, 9.17) is 14.2 Å². The predicted octanol–water partition coefficient (Wildman–Crippen LogP) is 17.0. The zero-order valence-corrected chi connectivity index (χ0v) is 41.6. The van der Waals surface area contributed by atoms with Crippen LogP contribution in [0.3, 0.4) is 0 Å². The first-order valence-electron chi connectivity index (χ1n) is 25.7. The summed E-state index contributed by atoms with van der Waals surface area (Å²) in [5.41, 5.74) is 0. The molecule has 66 heavy (non-hydrogen) atoms. The maximum Gasteiger partial charge on any atom is 0.306 e. The summed E-state index contributed by atoms with van der Waals surface area (Å²) < 4.78 is 16.7. The fourth-order valence-electron chi connectivity index (χ4n) is 6.18. The van der Waals surface area contributed by atoms with E-state index in [2.05, 4.69) is 106 Å². The normalized spacial score (nSPS) is 13.4. The van der Waals surface area contributed by atoms with Crippen LogP contribution in [0.25, 0.3) is 0 Å². The van der Waals surface area contributed by atoms with Gasteiger partial charge in [0, 0.05) is 19.3 Å². The van der Waals surface area contributed by atoms with Gasteiger partial charge in [-0.25, -0.2) is 0 Å². The summed E-state index contributed by atoms with van der Waals surface area (Å²) in [6, 6.07) is 0. The molecule has 0 aliphatic rings. The SMILES string of the molecule is CC\C=C/C=C\C=C/C=C\C=C\C=C/C=C\CCCCCC(=O)OCC(COC(=O)CCCCC/C=C\C=C/CCCC)OC(=O)CCCCCCC\C=C/C=C\C=C/C=C\CCCCC. The minimum atomic E-state index is -0.828. The highest BCUT2D eigenvalue weighted by molar-refractivity contribution is 5.71. The van der Waals surface area contributed by atoms with Crippen molar-refractivity contribution in [3.63, 3.8) is 0 Å². The van der Waals surface area contributed by atoms with Crippen LogP contribution >= 0.6 is 0 Å². The molecule has 0 N–H and O–H groups in total. The molecule has 0 bridgehead atoms. The van der Waals surface area contributed by atoms with Gasteiger partial charge in [0.1, 0.15) is 13.2 Å². The number of allylic oxidation sites excluding steroid dienone is 26. The Balaban J connectivity index is 4.60. The summed E-state index contributed by atoms with van der Waals surface area (Å²) in [4.78, 5) is 38.0. The van der Waals surface area contributed by atoms with E-state index in [-0.39, 0.29) is 44.0 Å². The van der Waals surface area contributed by atoms with Crippen molar-refractivity contribution in [3.8, 4) is 0 Å². The molecule has 0 rings (SSSR count). The molecular weight excluding hydrogens is 817 g/mol. The topological polar surface area (TPSA) is 78.9 Å². The van der Waals surface area contributed by atoms with Crippen LogP contribution in [0, 0.1) is 0 Å². The van der Waals surface area contributed by atoms with Crippen LogP contribution in [0.5, 0.6) is 0 Å². The van der Waals surface area contributed by atoms with E-state index in [0.717, 1.165) is 103 Å². The van der Waals surface area contributed by atoms with Gasteiger partial charge in [0.25, 0.3) is 0 Å². The second-order valence-corrected chi connectivity index (χ2v) is 16.3. The molecule has 0 saturated heterocycles. The highest BCUT2D eigenvalue weighted by Crippen LogP contribution is 2.12. The quantitative estimate of drug-likeness (QED) is 0.0262. The molecular formula is C60H90O6. The third-order valence-electron chi connectivity index (χ3n) is 10.1. The van der Waals surface area contributed by atoms with Gasteiger partial charge in [-0.1, -0.05) is 237 Å². The van der Waals surface area contributed by atoms with Crippen molar-refractivity contribution >= 4 is 17.9 Å². The molecule has 0 aromatic heterocycles. The number of carbonyl (C=O) groups is 3. The van der Waals surface area contributed by atoms with Crippen LogP contribution in [-0.2, 0) is 28.6 Å². The van der Waals surface area contributed by atoms with Crippen molar-refractivity contribution in [2.24, 2.45) is 0 Å². The maximum absolute atomic E-state index is 12.8. The number of hydrogen-bond donors (Lipinski definition) is 0. The van der Waals surface area contributed by atoms with E-state index >= 15 is 0 Å². The number of unbranched alkanes of at least 4 members (excludes halogenated alkanes) is 16. The van der Waals surface area contributed by atoms with Crippen LogP contribution in [0.2, 0.25) is 0 Å². The lowest BCUT2D eigenvalue weighted by molar-refractivity contribution is -0.167. The van der Waals surface area contributed by atoms with E-state index in [1.54, 1.807) is 0 Å². The summed E-state index contributed by atoms with van der Waals surface area (Å²) in [5, 5.41) is 0. The summed E-state index contributed by atoms with van der Waals surface area (Å²) in [5.74, 6) is -1.03. The molecule has 0 aromatic rings. The molecule has 0 radical (unpaired) electrons. The molecule has 0 spiro atoms. The smallest absolute Gasteiger partial charge is 0.306 e. The molecule has 0 heterocycles. The van der Waals surface area contributed by atoms with Crippen molar-refractivity contribution in [1.82, 2.24) is 0 Å². The van der Waals surface area contributed by atoms with Crippen LogP contribution in [0.1, 0.15) is 181 Å². The van der Waals surface area contributed by atoms with Crippen LogP contribution in [0.15, 0.2) is 158 Å². The summed E-state index contributed by atoms with van der Waals surface area (Å²) in [6.07, 6.45) is 76.4. The molecule has 6 heteroatoms. The molecule has 0 saturated carbocycles. The Labute approximate surface area is 403 Å². The first kappa shape index (κ1) is 61.0. The van der Waals surface area contributed by atoms with Gasteiger partial charge in [0.15, 0.2) is 6.10 Å². The molecule has 0 aliphatic heterocycles. The number of carbonyl (C=O) groups excluding carboxylic acids is 3. The molecule has 0 amide bonds. The average Bonchev–Trinajstić information content (AvgIpc) is 3.31. The minimum absolute atomic E-state index is 0.125. The van der Waals surface area contributed by atoms with E-state index in [1.165, 1.54) is 32.1 Å². The van der Waals surface area contributed by atoms with Crippen molar-refractivity contribution in [1.29, 1.82) is 0 Å². The Bertz CT molecular complexity index is 1560. The van der Waals surface area contributed by atoms with Crippen molar-refractivity contribution in [3.05, 3.63) is 158 Å². The summed E-state index contributed by atoms with van der Waals surface area (Å²) >= 11 is 0. The molecule has 0 aromatic carbocycles. The highest BCUT2D eigenvalue weighted by atomic mass is 16.6.